The number of sulfone groups is 1. The number of amidine groups is 2. The van der Waals surface area contributed by atoms with E-state index in [0.29, 0.717) is 11.1 Å². The largest absolute Gasteiger partial charge is 0.493 e. The molecule has 2 aliphatic heterocycles. The predicted molar refractivity (Wildman–Crippen MR) is 134 cm³/mol. The van der Waals surface area contributed by atoms with Gasteiger partial charge in [0.2, 0.25) is 19.4 Å². The Morgan fingerprint density at radius 3 is 2.66 bits per heavy atom. The topological polar surface area (TPSA) is 139 Å². The second-order valence-corrected chi connectivity index (χ2v) is 10.9. The van der Waals surface area contributed by atoms with Crippen LogP contribution in [0.2, 0.25) is 0 Å². The molecule has 2 aromatic carbocycles. The number of esters is 1. The second kappa shape index (κ2) is 9.47. The summed E-state index contributed by atoms with van der Waals surface area (Å²) in [6, 6.07) is 11.6. The first kappa shape index (κ1) is 24.4. The standard InChI is InChI=1S/C23H20N4O6S2/c1-4-35(30,31)23-26-27-19(24)16(20(28)25-22(27)34-23)11-14-8-9-17(18(12-14)32-3)33-21(29)15-7-5-6-13(2)10-15/h5-12,24H,4H2,1-3H3/b16-11+,24-19?. The van der Waals surface area contributed by atoms with Gasteiger partial charge < -0.3 is 9.47 Å². The zero-order valence-electron chi connectivity index (χ0n) is 18.9. The summed E-state index contributed by atoms with van der Waals surface area (Å²) >= 11 is 0.735. The fourth-order valence-electron chi connectivity index (χ4n) is 3.18. The van der Waals surface area contributed by atoms with Crippen molar-refractivity contribution in [2.24, 2.45) is 10.1 Å². The van der Waals surface area contributed by atoms with Crippen molar-refractivity contribution < 1.29 is 27.5 Å². The van der Waals surface area contributed by atoms with Crippen molar-refractivity contribution in [3.63, 3.8) is 0 Å². The van der Waals surface area contributed by atoms with E-state index in [1.165, 1.54) is 26.2 Å². The number of ether oxygens (including phenoxy) is 2. The summed E-state index contributed by atoms with van der Waals surface area (Å²) in [6.07, 6.45) is 1.41. The number of carbonyl (C=O) groups excluding carboxylic acids is 2. The van der Waals surface area contributed by atoms with Crippen LogP contribution in [-0.2, 0) is 14.6 Å². The summed E-state index contributed by atoms with van der Waals surface area (Å²) in [4.78, 5) is 29.0. The number of aliphatic imine (C=N–C) groups is 1. The Bertz CT molecular complexity index is 1460. The molecule has 0 aliphatic carbocycles. The molecule has 0 radical (unpaired) electrons. The molecule has 10 nitrogen and oxygen atoms in total. The number of amides is 1. The second-order valence-electron chi connectivity index (χ2n) is 7.46. The Balaban J connectivity index is 1.61. The highest BCUT2D eigenvalue weighted by Gasteiger charge is 2.39. The van der Waals surface area contributed by atoms with Crippen LogP contribution in [0.1, 0.15) is 28.4 Å². The lowest BCUT2D eigenvalue weighted by atomic mass is 10.1. The molecule has 0 fully saturated rings. The summed E-state index contributed by atoms with van der Waals surface area (Å²) in [5.74, 6) is -1.29. The van der Waals surface area contributed by atoms with E-state index in [1.54, 1.807) is 30.3 Å². The Labute approximate surface area is 205 Å². The number of benzene rings is 2. The van der Waals surface area contributed by atoms with Gasteiger partial charge in [0.15, 0.2) is 17.3 Å². The lowest BCUT2D eigenvalue weighted by Crippen LogP contribution is -2.35. The minimum absolute atomic E-state index is 0.0140. The average molecular weight is 513 g/mol. The Hall–Kier alpha value is -3.77. The van der Waals surface area contributed by atoms with Gasteiger partial charge in [-0.2, -0.15) is 10.0 Å². The van der Waals surface area contributed by atoms with Gasteiger partial charge in [0.25, 0.3) is 5.91 Å². The van der Waals surface area contributed by atoms with E-state index in [-0.39, 0.29) is 38.2 Å². The van der Waals surface area contributed by atoms with E-state index in [4.69, 9.17) is 14.9 Å². The van der Waals surface area contributed by atoms with Crippen molar-refractivity contribution in [1.29, 1.82) is 5.41 Å². The summed E-state index contributed by atoms with van der Waals surface area (Å²) in [6.45, 7) is 3.35. The van der Waals surface area contributed by atoms with E-state index < -0.39 is 21.7 Å². The van der Waals surface area contributed by atoms with E-state index in [9.17, 15) is 18.0 Å². The number of hydrogen-bond acceptors (Lipinski definition) is 9. The molecule has 2 aromatic rings. The Kier molecular flexibility index (Phi) is 6.59. The number of aryl methyl sites for hydroxylation is 1. The normalized spacial score (nSPS) is 16.7. The van der Waals surface area contributed by atoms with Crippen LogP contribution in [0.4, 0.5) is 0 Å². The molecule has 0 spiro atoms. The number of rotatable bonds is 5. The van der Waals surface area contributed by atoms with Crippen LogP contribution in [-0.4, -0.2) is 53.5 Å². The third-order valence-electron chi connectivity index (χ3n) is 5.04. The first-order chi connectivity index (χ1) is 16.6. The van der Waals surface area contributed by atoms with Crippen LogP contribution in [0.25, 0.3) is 6.08 Å². The van der Waals surface area contributed by atoms with Gasteiger partial charge in [0.05, 0.1) is 24.0 Å². The summed E-state index contributed by atoms with van der Waals surface area (Å²) in [7, 11) is -2.21. The van der Waals surface area contributed by atoms with Gasteiger partial charge in [-0.25, -0.2) is 13.2 Å². The third-order valence-corrected chi connectivity index (χ3v) is 8.13. The first-order valence-electron chi connectivity index (χ1n) is 10.3. The third kappa shape index (κ3) is 4.88. The molecule has 0 unspecified atom stereocenters. The zero-order chi connectivity index (χ0) is 25.3. The number of thioether (sulfide) groups is 1. The van der Waals surface area contributed by atoms with E-state index in [0.717, 1.165) is 22.3 Å². The number of nitrogens with zero attached hydrogens (tertiary/aromatic N) is 3. The molecule has 0 bridgehead atoms. The van der Waals surface area contributed by atoms with Crippen LogP contribution in [0.5, 0.6) is 11.5 Å². The van der Waals surface area contributed by atoms with Crippen LogP contribution < -0.4 is 9.47 Å². The van der Waals surface area contributed by atoms with Crippen LogP contribution in [0.3, 0.4) is 0 Å². The summed E-state index contributed by atoms with van der Waals surface area (Å²) in [5.41, 5.74) is 1.70. The van der Waals surface area contributed by atoms with E-state index in [2.05, 4.69) is 10.1 Å². The maximum absolute atomic E-state index is 12.6. The highest BCUT2D eigenvalue weighted by molar-refractivity contribution is 8.42. The predicted octanol–water partition coefficient (Wildman–Crippen LogP) is 3.23. The molecule has 4 rings (SSSR count). The summed E-state index contributed by atoms with van der Waals surface area (Å²) < 4.78 is 34.9. The van der Waals surface area contributed by atoms with Crippen molar-refractivity contribution in [1.82, 2.24) is 5.01 Å². The Morgan fingerprint density at radius 2 is 1.97 bits per heavy atom. The van der Waals surface area contributed by atoms with Gasteiger partial charge in [-0.1, -0.05) is 30.7 Å². The fraction of sp³-hybridized carbons (Fsp3) is 0.174. The molecule has 0 atom stereocenters. The van der Waals surface area contributed by atoms with Gasteiger partial charge in [-0.05, 0) is 54.6 Å². The van der Waals surface area contributed by atoms with Crippen molar-refractivity contribution in [2.45, 2.75) is 13.8 Å². The lowest BCUT2D eigenvalue weighted by Gasteiger charge is -2.20. The zero-order valence-corrected chi connectivity index (χ0v) is 20.6. The minimum atomic E-state index is -3.61. The maximum atomic E-state index is 12.6. The molecule has 0 saturated carbocycles. The van der Waals surface area contributed by atoms with Crippen LogP contribution in [0.15, 0.2) is 58.1 Å². The molecular weight excluding hydrogens is 492 g/mol. The van der Waals surface area contributed by atoms with E-state index >= 15 is 0 Å². The highest BCUT2D eigenvalue weighted by Crippen LogP contribution is 2.33. The van der Waals surface area contributed by atoms with Gasteiger partial charge in [-0.15, -0.1) is 5.10 Å². The number of carbonyl (C=O) groups is 2. The van der Waals surface area contributed by atoms with Crippen molar-refractivity contribution in [3.05, 3.63) is 64.7 Å². The lowest BCUT2D eigenvalue weighted by molar-refractivity contribution is -0.114. The molecule has 0 saturated heterocycles. The van der Waals surface area contributed by atoms with Crippen molar-refractivity contribution in [2.75, 3.05) is 12.9 Å². The minimum Gasteiger partial charge on any atom is -0.493 e. The molecule has 12 heteroatoms. The van der Waals surface area contributed by atoms with Gasteiger partial charge >= 0.3 is 5.97 Å². The fourth-order valence-corrected chi connectivity index (χ4v) is 5.34. The number of hydrogen-bond donors (Lipinski definition) is 1. The maximum Gasteiger partial charge on any atom is 0.343 e. The Morgan fingerprint density at radius 1 is 1.20 bits per heavy atom. The van der Waals surface area contributed by atoms with Crippen molar-refractivity contribution in [3.8, 4) is 11.5 Å². The number of hydrazone groups is 1. The monoisotopic (exact) mass is 512 g/mol. The highest BCUT2D eigenvalue weighted by atomic mass is 32.3. The van der Waals surface area contributed by atoms with E-state index in [1.807, 2.05) is 13.0 Å². The number of methoxy groups -OCH3 is 1. The molecule has 180 valence electrons. The summed E-state index contributed by atoms with van der Waals surface area (Å²) in [5, 5.41) is 13.4. The molecular formula is C23H20N4O6S2. The molecule has 35 heavy (non-hydrogen) atoms. The number of fused-ring (bicyclic) bond motifs is 1. The quantitative estimate of drug-likeness (QED) is 0.366. The molecule has 1 amide bonds. The SMILES string of the molecule is CCS(=O)(=O)C1=NN2C(=N)/C(=C\c3ccc(OC(=O)c4cccc(C)c4)c(OC)c3)C(=O)N=C2S1. The molecule has 1 N–H and O–H groups in total. The molecule has 2 aliphatic rings. The van der Waals surface area contributed by atoms with Crippen LogP contribution in [0, 0.1) is 12.3 Å². The first-order valence-corrected chi connectivity index (χ1v) is 12.8. The number of nitrogens with one attached hydrogen (secondary N) is 1. The molecule has 2 heterocycles. The van der Waals surface area contributed by atoms with Gasteiger partial charge in [0, 0.05) is 0 Å². The van der Waals surface area contributed by atoms with Gasteiger partial charge in [0.1, 0.15) is 0 Å². The van der Waals surface area contributed by atoms with Gasteiger partial charge in [-0.3, -0.25) is 10.2 Å². The molecule has 0 aromatic heterocycles. The smallest absolute Gasteiger partial charge is 0.343 e. The van der Waals surface area contributed by atoms with Crippen molar-refractivity contribution >= 4 is 54.9 Å². The van der Waals surface area contributed by atoms with Crippen LogP contribution >= 0.6 is 11.8 Å². The average Bonchev–Trinajstić information content (AvgIpc) is 3.27.